The number of aromatic amines is 1. The molecule has 0 atom stereocenters. The number of hydrogen-bond donors (Lipinski definition) is 2. The summed E-state index contributed by atoms with van der Waals surface area (Å²) in [6.45, 7) is 2.38. The molecule has 1 fully saturated rings. The Bertz CT molecular complexity index is 800. The van der Waals surface area contributed by atoms with E-state index >= 15 is 0 Å². The van der Waals surface area contributed by atoms with Gasteiger partial charge < -0.3 is 15.2 Å². The predicted octanol–water partition coefficient (Wildman–Crippen LogP) is 2.55. The summed E-state index contributed by atoms with van der Waals surface area (Å²) in [6, 6.07) is 5.42. The molecule has 1 aliphatic heterocycles. The summed E-state index contributed by atoms with van der Waals surface area (Å²) in [5.74, 6) is 0.0457. The first-order valence-corrected chi connectivity index (χ1v) is 8.35. The van der Waals surface area contributed by atoms with Crippen molar-refractivity contribution in [3.8, 4) is 0 Å². The zero-order valence-electron chi connectivity index (χ0n) is 14.2. The molecule has 1 saturated heterocycles. The number of likely N-dealkylation sites (tertiary alicyclic amines) is 1. The molecule has 1 aliphatic rings. The van der Waals surface area contributed by atoms with Crippen molar-refractivity contribution in [3.05, 3.63) is 46.0 Å². The fraction of sp³-hybridized carbons (Fsp3) is 0.444. The zero-order chi connectivity index (χ0) is 17.1. The number of nitrogens with one attached hydrogen (secondary N) is 2. The minimum Gasteiger partial charge on any atom is -0.339 e. The van der Waals surface area contributed by atoms with E-state index < -0.39 is 5.82 Å². The van der Waals surface area contributed by atoms with Crippen LogP contribution in [0.15, 0.2) is 29.1 Å². The zero-order valence-corrected chi connectivity index (χ0v) is 15.0. The van der Waals surface area contributed by atoms with Crippen LogP contribution >= 0.6 is 12.4 Å². The number of halogens is 2. The van der Waals surface area contributed by atoms with Gasteiger partial charge >= 0.3 is 0 Å². The van der Waals surface area contributed by atoms with E-state index in [4.69, 9.17) is 0 Å². The molecular formula is C18H23ClFN3O2. The number of hydrogen-bond acceptors (Lipinski definition) is 3. The number of carbonyl (C=O) groups excluding carboxylic acids is 1. The summed E-state index contributed by atoms with van der Waals surface area (Å²) in [5, 5.41) is 3.74. The molecule has 7 heteroatoms. The summed E-state index contributed by atoms with van der Waals surface area (Å²) in [7, 11) is 1.94. The van der Waals surface area contributed by atoms with E-state index in [2.05, 4.69) is 10.3 Å². The Hall–Kier alpha value is -1.92. The van der Waals surface area contributed by atoms with Gasteiger partial charge in [-0.1, -0.05) is 0 Å². The van der Waals surface area contributed by atoms with Crippen molar-refractivity contribution >= 4 is 29.2 Å². The summed E-state index contributed by atoms with van der Waals surface area (Å²) in [5.41, 5.74) is 0.317. The Kier molecular flexibility index (Phi) is 6.56. The number of benzene rings is 1. The van der Waals surface area contributed by atoms with Crippen molar-refractivity contribution in [3.63, 3.8) is 0 Å². The average Bonchev–Trinajstić information content (AvgIpc) is 2.58. The molecule has 0 bridgehead atoms. The minimum atomic E-state index is -0.437. The Morgan fingerprint density at radius 1 is 1.32 bits per heavy atom. The number of fused-ring (bicyclic) bond motifs is 1. The number of H-pyrrole nitrogens is 1. The maximum atomic E-state index is 13.4. The first-order chi connectivity index (χ1) is 11.6. The molecule has 0 aliphatic carbocycles. The molecule has 136 valence electrons. The molecule has 25 heavy (non-hydrogen) atoms. The monoisotopic (exact) mass is 367 g/mol. The van der Waals surface area contributed by atoms with Crippen molar-refractivity contribution in [1.29, 1.82) is 0 Å². The molecule has 0 spiro atoms. The van der Waals surface area contributed by atoms with Gasteiger partial charge in [-0.2, -0.15) is 0 Å². The van der Waals surface area contributed by atoms with Gasteiger partial charge in [0.1, 0.15) is 5.82 Å². The van der Waals surface area contributed by atoms with Gasteiger partial charge in [0.25, 0.3) is 5.91 Å². The van der Waals surface area contributed by atoms with Crippen LogP contribution < -0.4 is 10.9 Å². The summed E-state index contributed by atoms with van der Waals surface area (Å²) in [6.07, 6.45) is 3.07. The number of piperidine rings is 1. The molecule has 0 unspecified atom stereocenters. The van der Waals surface area contributed by atoms with Crippen LogP contribution in [0.25, 0.3) is 10.9 Å². The lowest BCUT2D eigenvalue weighted by molar-refractivity contribution is 0.0689. The second-order valence-corrected chi connectivity index (χ2v) is 6.36. The van der Waals surface area contributed by atoms with Crippen LogP contribution in [0.3, 0.4) is 0 Å². The number of rotatable bonds is 4. The van der Waals surface area contributed by atoms with E-state index in [0.717, 1.165) is 25.8 Å². The van der Waals surface area contributed by atoms with E-state index in [0.29, 0.717) is 35.5 Å². The molecular weight excluding hydrogens is 345 g/mol. The van der Waals surface area contributed by atoms with E-state index in [-0.39, 0.29) is 23.9 Å². The van der Waals surface area contributed by atoms with Crippen LogP contribution in [0.5, 0.6) is 0 Å². The lowest BCUT2D eigenvalue weighted by Crippen LogP contribution is -2.39. The Morgan fingerprint density at radius 3 is 2.72 bits per heavy atom. The Balaban J connectivity index is 0.00000225. The van der Waals surface area contributed by atoms with Crippen molar-refractivity contribution < 1.29 is 9.18 Å². The van der Waals surface area contributed by atoms with Crippen LogP contribution in [0.4, 0.5) is 4.39 Å². The third-order valence-corrected chi connectivity index (χ3v) is 4.74. The minimum absolute atomic E-state index is 0. The number of carbonyl (C=O) groups is 1. The highest BCUT2D eigenvalue weighted by Crippen LogP contribution is 2.23. The largest absolute Gasteiger partial charge is 0.339 e. The van der Waals surface area contributed by atoms with Gasteiger partial charge in [0, 0.05) is 24.5 Å². The van der Waals surface area contributed by atoms with Gasteiger partial charge in [0.2, 0.25) is 5.56 Å². The van der Waals surface area contributed by atoms with Gasteiger partial charge in [0.05, 0.1) is 11.1 Å². The van der Waals surface area contributed by atoms with E-state index in [1.807, 2.05) is 7.05 Å². The SMILES string of the molecule is CNCCC1CCN(C(=O)c2cc(=O)[nH]c3cc(F)ccc23)CC1.Cl. The fourth-order valence-corrected chi connectivity index (χ4v) is 3.35. The first-order valence-electron chi connectivity index (χ1n) is 8.35. The number of aromatic nitrogens is 1. The number of amides is 1. The van der Waals surface area contributed by atoms with Crippen LogP contribution in [0, 0.1) is 11.7 Å². The molecule has 3 rings (SSSR count). The van der Waals surface area contributed by atoms with Gasteiger partial charge in [-0.3, -0.25) is 9.59 Å². The smallest absolute Gasteiger partial charge is 0.254 e. The standard InChI is InChI=1S/C18H22FN3O2.ClH/c1-20-7-4-12-5-8-22(9-6-12)18(24)15-11-17(23)21-16-10-13(19)2-3-14(15)16;/h2-3,10-12,20H,4-9H2,1H3,(H,21,23);1H. The quantitative estimate of drug-likeness (QED) is 0.872. The molecule has 2 N–H and O–H groups in total. The molecule has 2 aromatic rings. The van der Waals surface area contributed by atoms with E-state index in [1.54, 1.807) is 11.0 Å². The third kappa shape index (κ3) is 4.38. The molecule has 2 heterocycles. The normalized spacial score (nSPS) is 15.2. The maximum Gasteiger partial charge on any atom is 0.254 e. The topological polar surface area (TPSA) is 65.2 Å². The number of nitrogens with zero attached hydrogens (tertiary/aromatic N) is 1. The molecule has 0 saturated carbocycles. The lowest BCUT2D eigenvalue weighted by atomic mass is 9.93. The molecule has 1 amide bonds. The van der Waals surface area contributed by atoms with Crippen molar-refractivity contribution in [2.24, 2.45) is 5.92 Å². The van der Waals surface area contributed by atoms with Crippen molar-refractivity contribution in [2.75, 3.05) is 26.7 Å². The van der Waals surface area contributed by atoms with E-state index in [9.17, 15) is 14.0 Å². The summed E-state index contributed by atoms with van der Waals surface area (Å²) in [4.78, 5) is 29.0. The average molecular weight is 368 g/mol. The van der Waals surface area contributed by atoms with Crippen LogP contribution in [-0.2, 0) is 0 Å². The Labute approximate surface area is 152 Å². The fourth-order valence-electron chi connectivity index (χ4n) is 3.35. The predicted molar refractivity (Wildman–Crippen MR) is 98.9 cm³/mol. The highest BCUT2D eigenvalue weighted by atomic mass is 35.5. The van der Waals surface area contributed by atoms with Gasteiger partial charge in [-0.15, -0.1) is 12.4 Å². The second kappa shape index (κ2) is 8.45. The summed E-state index contributed by atoms with van der Waals surface area (Å²) >= 11 is 0. The molecule has 1 aromatic carbocycles. The summed E-state index contributed by atoms with van der Waals surface area (Å²) < 4.78 is 13.4. The van der Waals surface area contributed by atoms with Gasteiger partial charge in [0.15, 0.2) is 0 Å². The van der Waals surface area contributed by atoms with Gasteiger partial charge in [-0.05, 0) is 57.0 Å². The molecule has 5 nitrogen and oxygen atoms in total. The van der Waals surface area contributed by atoms with Crippen LogP contribution in [0.2, 0.25) is 0 Å². The lowest BCUT2D eigenvalue weighted by Gasteiger charge is -2.32. The van der Waals surface area contributed by atoms with Crippen LogP contribution in [-0.4, -0.2) is 42.5 Å². The highest BCUT2D eigenvalue weighted by Gasteiger charge is 2.24. The molecule has 1 aromatic heterocycles. The second-order valence-electron chi connectivity index (χ2n) is 6.36. The Morgan fingerprint density at radius 2 is 2.04 bits per heavy atom. The van der Waals surface area contributed by atoms with Gasteiger partial charge in [-0.25, -0.2) is 4.39 Å². The van der Waals surface area contributed by atoms with Crippen LogP contribution in [0.1, 0.15) is 29.6 Å². The first kappa shape index (κ1) is 19.4. The third-order valence-electron chi connectivity index (χ3n) is 4.74. The molecule has 0 radical (unpaired) electrons. The van der Waals surface area contributed by atoms with Crippen molar-refractivity contribution in [2.45, 2.75) is 19.3 Å². The van der Waals surface area contributed by atoms with E-state index in [1.165, 1.54) is 18.2 Å². The maximum absolute atomic E-state index is 13.4. The number of pyridine rings is 1. The van der Waals surface area contributed by atoms with Crippen molar-refractivity contribution in [1.82, 2.24) is 15.2 Å². The highest BCUT2D eigenvalue weighted by molar-refractivity contribution is 6.06.